The number of hydrogen-bond donors (Lipinski definition) is 0. The Morgan fingerprint density at radius 2 is 1.81 bits per heavy atom. The first-order valence-electron chi connectivity index (χ1n) is 7.80. The van der Waals surface area contributed by atoms with E-state index in [4.69, 9.17) is 9.47 Å². The highest BCUT2D eigenvalue weighted by molar-refractivity contribution is 7.20. The van der Waals surface area contributed by atoms with Crippen LogP contribution in [-0.4, -0.2) is 24.7 Å². The summed E-state index contributed by atoms with van der Waals surface area (Å²) < 4.78 is 54.4. The molecule has 0 saturated carbocycles. The van der Waals surface area contributed by atoms with Gasteiger partial charge in [-0.3, -0.25) is 4.79 Å². The number of halogens is 3. The lowest BCUT2D eigenvalue weighted by Crippen LogP contribution is -2.07. The molecule has 27 heavy (non-hydrogen) atoms. The van der Waals surface area contributed by atoms with E-state index in [0.717, 1.165) is 23.5 Å². The van der Waals surface area contributed by atoms with Crippen LogP contribution in [0.15, 0.2) is 42.5 Å². The average molecular weight is 397 g/mol. The van der Waals surface area contributed by atoms with Crippen LogP contribution in [0.25, 0.3) is 10.2 Å². The third kappa shape index (κ3) is 4.88. The highest BCUT2D eigenvalue weighted by atomic mass is 32.1. The van der Waals surface area contributed by atoms with E-state index >= 15 is 0 Å². The van der Waals surface area contributed by atoms with Gasteiger partial charge in [0.25, 0.3) is 5.19 Å². The van der Waals surface area contributed by atoms with Crippen LogP contribution in [-0.2, 0) is 15.7 Å². The minimum Gasteiger partial charge on any atom is -0.493 e. The van der Waals surface area contributed by atoms with Gasteiger partial charge in [-0.05, 0) is 42.5 Å². The molecule has 3 rings (SSSR count). The maximum absolute atomic E-state index is 12.8. The molecule has 0 unspecified atom stereocenters. The normalized spacial score (nSPS) is 11.4. The smallest absolute Gasteiger partial charge is 0.416 e. The lowest BCUT2D eigenvalue weighted by molar-refractivity contribution is -0.141. The fourth-order valence-corrected chi connectivity index (χ4v) is 3.00. The zero-order valence-corrected chi connectivity index (χ0v) is 14.9. The van der Waals surface area contributed by atoms with Crippen molar-refractivity contribution in [2.24, 2.45) is 0 Å². The summed E-state index contributed by atoms with van der Waals surface area (Å²) in [5, 5.41) is 0.240. The van der Waals surface area contributed by atoms with E-state index in [0.29, 0.717) is 16.2 Å². The highest BCUT2D eigenvalue weighted by Crippen LogP contribution is 2.36. The van der Waals surface area contributed by atoms with E-state index in [2.05, 4.69) is 9.72 Å². The first-order valence-corrected chi connectivity index (χ1v) is 8.62. The number of methoxy groups -OCH3 is 1. The zero-order chi connectivity index (χ0) is 19.4. The Labute approximate surface area is 156 Å². The number of alkyl halides is 3. The van der Waals surface area contributed by atoms with Crippen molar-refractivity contribution in [2.75, 3.05) is 13.7 Å². The van der Waals surface area contributed by atoms with Gasteiger partial charge in [-0.15, -0.1) is 0 Å². The number of benzene rings is 2. The second kappa shape index (κ2) is 7.83. The van der Waals surface area contributed by atoms with Crippen molar-refractivity contribution in [2.45, 2.75) is 12.6 Å². The predicted molar refractivity (Wildman–Crippen MR) is 93.3 cm³/mol. The Hall–Kier alpha value is -2.81. The maximum atomic E-state index is 12.8. The van der Waals surface area contributed by atoms with Crippen molar-refractivity contribution in [1.29, 1.82) is 0 Å². The second-order valence-electron chi connectivity index (χ2n) is 5.41. The monoisotopic (exact) mass is 397 g/mol. The van der Waals surface area contributed by atoms with Crippen molar-refractivity contribution in [1.82, 2.24) is 4.98 Å². The van der Waals surface area contributed by atoms with Gasteiger partial charge >= 0.3 is 12.1 Å². The van der Waals surface area contributed by atoms with Crippen LogP contribution in [0.1, 0.15) is 12.0 Å². The second-order valence-corrected chi connectivity index (χ2v) is 6.40. The summed E-state index contributed by atoms with van der Waals surface area (Å²) in [6, 6.07) is 9.98. The third-order valence-electron chi connectivity index (χ3n) is 3.53. The van der Waals surface area contributed by atoms with Crippen LogP contribution in [0.2, 0.25) is 0 Å². The molecule has 2 aromatic carbocycles. The van der Waals surface area contributed by atoms with Gasteiger partial charge in [0, 0.05) is 0 Å². The maximum Gasteiger partial charge on any atom is 0.416 e. The lowest BCUT2D eigenvalue weighted by Gasteiger charge is -2.06. The summed E-state index contributed by atoms with van der Waals surface area (Å²) in [6.45, 7) is 0.187. The number of carbonyl (C=O) groups excluding carboxylic acids is 1. The number of ether oxygens (including phenoxy) is 3. The van der Waals surface area contributed by atoms with Gasteiger partial charge in [0.15, 0.2) is 0 Å². The van der Waals surface area contributed by atoms with E-state index in [1.807, 2.05) is 0 Å². The molecule has 0 amide bonds. The quantitative estimate of drug-likeness (QED) is 0.545. The summed E-state index contributed by atoms with van der Waals surface area (Å²) >= 11 is 1.15. The van der Waals surface area contributed by atoms with Crippen LogP contribution in [0.4, 0.5) is 13.2 Å². The van der Waals surface area contributed by atoms with Crippen LogP contribution in [0.5, 0.6) is 16.7 Å². The third-order valence-corrected chi connectivity index (χ3v) is 4.44. The average Bonchev–Trinajstić information content (AvgIpc) is 3.03. The Kier molecular flexibility index (Phi) is 5.50. The molecule has 142 valence electrons. The predicted octanol–water partition coefficient (Wildman–Crippen LogP) is 5.05. The summed E-state index contributed by atoms with van der Waals surface area (Å²) in [5.74, 6) is 0.648. The molecular weight excluding hydrogens is 383 g/mol. The fraction of sp³-hybridized carbons (Fsp3) is 0.222. The van der Waals surface area contributed by atoms with Gasteiger partial charge in [0.05, 0.1) is 35.9 Å². The van der Waals surface area contributed by atoms with E-state index in [1.165, 1.54) is 13.2 Å². The topological polar surface area (TPSA) is 57.7 Å². The molecule has 0 fully saturated rings. The molecular formula is C18H14F3NO4S. The minimum absolute atomic E-state index is 0.139. The molecule has 0 bridgehead atoms. The molecule has 0 radical (unpaired) electrons. The van der Waals surface area contributed by atoms with Gasteiger partial charge in [-0.2, -0.15) is 13.2 Å². The van der Waals surface area contributed by atoms with Crippen LogP contribution < -0.4 is 9.47 Å². The summed E-state index contributed by atoms with van der Waals surface area (Å²) in [5.41, 5.74) is -0.520. The minimum atomic E-state index is -4.41. The van der Waals surface area contributed by atoms with Gasteiger partial charge in [-0.25, -0.2) is 4.98 Å². The fourth-order valence-electron chi connectivity index (χ4n) is 2.19. The Balaban J connectivity index is 1.65. The number of aromatic nitrogens is 1. The highest BCUT2D eigenvalue weighted by Gasteiger charge is 2.30. The number of fused-ring (bicyclic) bond motifs is 1. The summed E-state index contributed by atoms with van der Waals surface area (Å²) in [7, 11) is 1.31. The first kappa shape index (κ1) is 19.0. The number of thiazole rings is 1. The molecule has 0 aliphatic carbocycles. The number of carbonyl (C=O) groups is 1. The molecule has 0 aliphatic heterocycles. The van der Waals surface area contributed by atoms with Crippen molar-refractivity contribution in [3.63, 3.8) is 0 Å². The molecule has 0 N–H and O–H groups in total. The van der Waals surface area contributed by atoms with Crippen LogP contribution >= 0.6 is 11.3 Å². The largest absolute Gasteiger partial charge is 0.493 e. The van der Waals surface area contributed by atoms with Gasteiger partial charge in [-0.1, -0.05) is 11.3 Å². The van der Waals surface area contributed by atoms with Gasteiger partial charge in [0.1, 0.15) is 11.5 Å². The van der Waals surface area contributed by atoms with Gasteiger partial charge in [0.2, 0.25) is 0 Å². The van der Waals surface area contributed by atoms with E-state index in [9.17, 15) is 18.0 Å². The molecule has 0 atom stereocenters. The molecule has 9 heteroatoms. The SMILES string of the molecule is COC(=O)CCOc1ccc(Oc2nc3cc(C(F)(F)F)ccc3s2)cc1. The molecule has 0 spiro atoms. The standard InChI is InChI=1S/C18H14F3NO4S/c1-24-16(23)8-9-25-12-3-5-13(6-4-12)26-17-22-14-10-11(18(19,20)21)2-7-15(14)27-17/h2-7,10H,8-9H2,1H3. The number of rotatable bonds is 6. The Bertz CT molecular complexity index is 938. The van der Waals surface area contributed by atoms with Crippen molar-refractivity contribution < 1.29 is 32.2 Å². The number of hydrogen-bond acceptors (Lipinski definition) is 6. The van der Waals surface area contributed by atoms with Crippen molar-refractivity contribution in [3.8, 4) is 16.7 Å². The van der Waals surface area contributed by atoms with E-state index in [-0.39, 0.29) is 29.7 Å². The van der Waals surface area contributed by atoms with E-state index < -0.39 is 11.7 Å². The molecule has 5 nitrogen and oxygen atoms in total. The molecule has 0 saturated heterocycles. The number of esters is 1. The van der Waals surface area contributed by atoms with Crippen LogP contribution in [0, 0.1) is 0 Å². The molecule has 3 aromatic rings. The molecule has 1 aromatic heterocycles. The molecule has 1 heterocycles. The summed E-state index contributed by atoms with van der Waals surface area (Å²) in [4.78, 5) is 15.1. The lowest BCUT2D eigenvalue weighted by atomic mass is 10.2. The van der Waals surface area contributed by atoms with Crippen molar-refractivity contribution in [3.05, 3.63) is 48.0 Å². The van der Waals surface area contributed by atoms with Gasteiger partial charge < -0.3 is 14.2 Å². The zero-order valence-electron chi connectivity index (χ0n) is 14.1. The number of nitrogens with zero attached hydrogens (tertiary/aromatic N) is 1. The van der Waals surface area contributed by atoms with Crippen LogP contribution in [0.3, 0.4) is 0 Å². The Morgan fingerprint density at radius 1 is 1.11 bits per heavy atom. The molecule has 0 aliphatic rings. The Morgan fingerprint density at radius 3 is 2.48 bits per heavy atom. The van der Waals surface area contributed by atoms with E-state index in [1.54, 1.807) is 24.3 Å². The van der Waals surface area contributed by atoms with Crippen molar-refractivity contribution >= 4 is 27.5 Å². The summed E-state index contributed by atoms with van der Waals surface area (Å²) in [6.07, 6.45) is -4.27. The first-order chi connectivity index (χ1) is 12.8.